The minimum absolute atomic E-state index is 0.0475. The third kappa shape index (κ3) is 9.31. The molecule has 7 nitrogen and oxygen atoms in total. The number of furan rings is 1. The van der Waals surface area contributed by atoms with Gasteiger partial charge in [-0.25, -0.2) is 0 Å². The molecule has 0 N–H and O–H groups in total. The van der Waals surface area contributed by atoms with Gasteiger partial charge in [-0.15, -0.1) is 0 Å². The lowest BCUT2D eigenvalue weighted by Crippen LogP contribution is -2.45. The van der Waals surface area contributed by atoms with E-state index in [2.05, 4.69) is 94.7 Å². The first-order valence-electron chi connectivity index (χ1n) is 18.1. The van der Waals surface area contributed by atoms with Crippen molar-refractivity contribution in [3.63, 3.8) is 0 Å². The van der Waals surface area contributed by atoms with Crippen LogP contribution in [0.3, 0.4) is 0 Å². The van der Waals surface area contributed by atoms with Crippen molar-refractivity contribution in [3.05, 3.63) is 87.9 Å². The first-order valence-corrected chi connectivity index (χ1v) is 18.1. The van der Waals surface area contributed by atoms with Gasteiger partial charge >= 0.3 is 0 Å². The van der Waals surface area contributed by atoms with E-state index < -0.39 is 0 Å². The summed E-state index contributed by atoms with van der Waals surface area (Å²) in [5.41, 5.74) is 6.93. The topological polar surface area (TPSA) is 52.4 Å². The summed E-state index contributed by atoms with van der Waals surface area (Å²) in [5.74, 6) is 2.07. The molecule has 2 heterocycles. The monoisotopic (exact) mass is 656 g/mol. The summed E-state index contributed by atoms with van der Waals surface area (Å²) < 4.78 is 12.3. The highest BCUT2D eigenvalue weighted by atomic mass is 16.5. The molecule has 0 spiro atoms. The van der Waals surface area contributed by atoms with Gasteiger partial charge in [0, 0.05) is 52.2 Å². The normalized spacial score (nSPS) is 17.8. The van der Waals surface area contributed by atoms with Crippen LogP contribution in [-0.4, -0.2) is 99.1 Å². The van der Waals surface area contributed by atoms with E-state index in [0.717, 1.165) is 69.2 Å². The van der Waals surface area contributed by atoms with Gasteiger partial charge in [-0.05, 0) is 123 Å². The molecule has 1 aromatic heterocycles. The number of hydrogen-bond acceptors (Lipinski definition) is 6. The summed E-state index contributed by atoms with van der Waals surface area (Å²) in [4.78, 5) is 23.1. The number of carbonyl (C=O) groups excluding carboxylic acids is 1. The minimum Gasteiger partial charge on any atom is -0.494 e. The van der Waals surface area contributed by atoms with E-state index in [4.69, 9.17) is 9.15 Å². The maximum Gasteiger partial charge on any atom is 0.289 e. The Kier molecular flexibility index (Phi) is 11.8. The zero-order valence-electron chi connectivity index (χ0n) is 31.0. The summed E-state index contributed by atoms with van der Waals surface area (Å²) in [6.07, 6.45) is 4.99. The second kappa shape index (κ2) is 15.6. The van der Waals surface area contributed by atoms with Crippen LogP contribution in [0.1, 0.15) is 97.5 Å². The molecule has 1 fully saturated rings. The van der Waals surface area contributed by atoms with Crippen LogP contribution in [0.15, 0.2) is 52.9 Å². The Morgan fingerprint density at radius 2 is 1.54 bits per heavy atom. The predicted octanol–water partition coefficient (Wildman–Crippen LogP) is 7.14. The smallest absolute Gasteiger partial charge is 0.289 e. The first kappa shape index (κ1) is 36.2. The predicted molar refractivity (Wildman–Crippen MR) is 196 cm³/mol. The van der Waals surface area contributed by atoms with Gasteiger partial charge in [0.2, 0.25) is 0 Å². The third-order valence-electron chi connectivity index (χ3n) is 10.6. The number of nitrogens with zero attached hydrogens (tertiary/aromatic N) is 4. The summed E-state index contributed by atoms with van der Waals surface area (Å²) in [7, 11) is 6.34. The number of ether oxygens (including phenoxy) is 1. The Labute approximate surface area is 290 Å². The molecular weight excluding hydrogens is 596 g/mol. The van der Waals surface area contributed by atoms with E-state index in [9.17, 15) is 4.79 Å². The Hall–Kier alpha value is -3.13. The molecule has 0 saturated carbocycles. The van der Waals surface area contributed by atoms with E-state index >= 15 is 0 Å². The van der Waals surface area contributed by atoms with Gasteiger partial charge < -0.3 is 28.8 Å². The van der Waals surface area contributed by atoms with Crippen molar-refractivity contribution >= 4 is 5.91 Å². The molecule has 5 rings (SSSR count). The summed E-state index contributed by atoms with van der Waals surface area (Å²) in [5, 5.41) is 0. The Bertz CT molecular complexity index is 1500. The number of carbonyl (C=O) groups is 1. The van der Waals surface area contributed by atoms with E-state index in [1.807, 2.05) is 29.2 Å². The van der Waals surface area contributed by atoms with E-state index in [-0.39, 0.29) is 16.7 Å². The second-order valence-electron chi connectivity index (χ2n) is 15.9. The molecule has 2 aliphatic rings. The van der Waals surface area contributed by atoms with Crippen molar-refractivity contribution in [3.8, 4) is 5.75 Å². The molecule has 1 amide bonds. The number of rotatable bonds is 14. The SMILES string of the molecule is Cc1cc2c(cc1Cc1ccc(C(=O)N(CCCN3CCN(C)CC3)Cc3ccc(OCCCN(C)C)cc3)o1)C(C)(C)CCC2(C)C. The number of piperazine rings is 1. The number of amides is 1. The largest absolute Gasteiger partial charge is 0.494 e. The molecule has 262 valence electrons. The summed E-state index contributed by atoms with van der Waals surface area (Å²) in [6.45, 7) is 20.0. The molecule has 0 unspecified atom stereocenters. The van der Waals surface area contributed by atoms with E-state index in [1.165, 1.54) is 35.1 Å². The molecule has 0 radical (unpaired) electrons. The molecule has 2 aromatic carbocycles. The average Bonchev–Trinajstić information content (AvgIpc) is 3.51. The first-order chi connectivity index (χ1) is 22.8. The molecule has 48 heavy (non-hydrogen) atoms. The van der Waals surface area contributed by atoms with Crippen molar-refractivity contribution in [1.82, 2.24) is 19.6 Å². The Morgan fingerprint density at radius 3 is 2.21 bits per heavy atom. The van der Waals surface area contributed by atoms with Crippen LogP contribution in [0.25, 0.3) is 0 Å². The molecule has 0 bridgehead atoms. The zero-order chi connectivity index (χ0) is 34.5. The minimum atomic E-state index is -0.0475. The highest BCUT2D eigenvalue weighted by molar-refractivity contribution is 5.91. The van der Waals surface area contributed by atoms with Crippen LogP contribution in [0.4, 0.5) is 0 Å². The molecule has 7 heteroatoms. The van der Waals surface area contributed by atoms with Crippen molar-refractivity contribution in [2.24, 2.45) is 0 Å². The van der Waals surface area contributed by atoms with Crippen LogP contribution < -0.4 is 4.74 Å². The van der Waals surface area contributed by atoms with Gasteiger partial charge in [-0.1, -0.05) is 52.0 Å². The Balaban J connectivity index is 1.28. The van der Waals surface area contributed by atoms with E-state index in [0.29, 0.717) is 31.9 Å². The maximum atomic E-state index is 14.0. The zero-order valence-corrected chi connectivity index (χ0v) is 31.0. The maximum absolute atomic E-state index is 14.0. The molecule has 1 aliphatic carbocycles. The quantitative estimate of drug-likeness (QED) is 0.172. The van der Waals surface area contributed by atoms with Crippen molar-refractivity contribution in [1.29, 1.82) is 0 Å². The molecule has 0 atom stereocenters. The van der Waals surface area contributed by atoms with Gasteiger partial charge in [-0.3, -0.25) is 4.79 Å². The van der Waals surface area contributed by atoms with Gasteiger partial charge in [0.15, 0.2) is 5.76 Å². The lowest BCUT2D eigenvalue weighted by molar-refractivity contribution is 0.0695. The van der Waals surface area contributed by atoms with Crippen LogP contribution in [0.5, 0.6) is 5.75 Å². The number of hydrogen-bond donors (Lipinski definition) is 0. The number of fused-ring (bicyclic) bond motifs is 1. The number of likely N-dealkylation sites (N-methyl/N-ethyl adjacent to an activating group) is 1. The van der Waals surface area contributed by atoms with Gasteiger partial charge in [0.1, 0.15) is 11.5 Å². The highest BCUT2D eigenvalue weighted by Crippen LogP contribution is 2.46. The van der Waals surface area contributed by atoms with Gasteiger partial charge in [0.05, 0.1) is 6.61 Å². The van der Waals surface area contributed by atoms with Crippen molar-refractivity contribution in [2.45, 2.75) is 84.1 Å². The lowest BCUT2D eigenvalue weighted by atomic mass is 9.62. The standard InChI is InChI=1S/C41H60N4O3/c1-31-27-36-37(41(4,5)18-17-40(36,2)3)29-33(31)28-35-15-16-38(48-35)39(46)45(21-9-20-44-24-22-43(8)23-25-44)30-32-11-13-34(14-12-32)47-26-10-19-42(6)7/h11-16,27,29H,9-10,17-26,28,30H2,1-8H3. The fraction of sp³-hybridized carbons (Fsp3) is 0.585. The summed E-state index contributed by atoms with van der Waals surface area (Å²) in [6, 6.07) is 16.9. The van der Waals surface area contributed by atoms with Crippen LogP contribution >= 0.6 is 0 Å². The van der Waals surface area contributed by atoms with Crippen molar-refractivity contribution < 1.29 is 13.9 Å². The van der Waals surface area contributed by atoms with Crippen LogP contribution in [0.2, 0.25) is 0 Å². The number of benzene rings is 2. The summed E-state index contributed by atoms with van der Waals surface area (Å²) >= 11 is 0. The van der Waals surface area contributed by atoms with Crippen LogP contribution in [0, 0.1) is 6.92 Å². The van der Waals surface area contributed by atoms with E-state index in [1.54, 1.807) is 0 Å². The van der Waals surface area contributed by atoms with Crippen molar-refractivity contribution in [2.75, 3.05) is 73.6 Å². The van der Waals surface area contributed by atoms with Gasteiger partial charge in [0.25, 0.3) is 5.91 Å². The lowest BCUT2D eigenvalue weighted by Gasteiger charge is -2.42. The molecule has 1 saturated heterocycles. The molecular formula is C41H60N4O3. The molecule has 3 aromatic rings. The highest BCUT2D eigenvalue weighted by Gasteiger charge is 2.37. The molecule has 1 aliphatic heterocycles. The second-order valence-corrected chi connectivity index (χ2v) is 15.9. The fourth-order valence-electron chi connectivity index (χ4n) is 7.18. The third-order valence-corrected chi connectivity index (χ3v) is 10.6. The Morgan fingerprint density at radius 1 is 0.875 bits per heavy atom. The average molecular weight is 657 g/mol. The number of aryl methyl sites for hydroxylation is 1. The fourth-order valence-corrected chi connectivity index (χ4v) is 7.18. The van der Waals surface area contributed by atoms with Gasteiger partial charge in [-0.2, -0.15) is 0 Å². The van der Waals surface area contributed by atoms with Crippen LogP contribution in [-0.2, 0) is 23.8 Å².